The van der Waals surface area contributed by atoms with Crippen molar-refractivity contribution in [2.24, 2.45) is 0 Å². The van der Waals surface area contributed by atoms with Crippen molar-refractivity contribution in [3.63, 3.8) is 0 Å². The topological polar surface area (TPSA) is 58.6 Å². The van der Waals surface area contributed by atoms with Gasteiger partial charge in [-0.3, -0.25) is 4.79 Å². The fraction of sp³-hybridized carbons (Fsp3) is 0.533. The zero-order valence-electron chi connectivity index (χ0n) is 12.2. The molecule has 6 heteroatoms. The highest BCUT2D eigenvalue weighted by atomic mass is 35.5. The standard InChI is InChI=1S/C15H22ClNO3S/c1-20-11-13(8-9-18)17-15(19)3-2-10-21-14-6-4-12(16)5-7-14/h4-7,13,18H,2-3,8-11H2,1H3,(H,17,19). The van der Waals surface area contributed by atoms with Crippen LogP contribution in [-0.4, -0.2) is 43.1 Å². The van der Waals surface area contributed by atoms with Gasteiger partial charge in [-0.25, -0.2) is 0 Å². The number of hydrogen-bond acceptors (Lipinski definition) is 4. The number of hydrogen-bond donors (Lipinski definition) is 2. The number of aliphatic hydroxyl groups excluding tert-OH is 1. The molecular formula is C15H22ClNO3S. The summed E-state index contributed by atoms with van der Waals surface area (Å²) in [7, 11) is 1.58. The van der Waals surface area contributed by atoms with Gasteiger partial charge in [0.2, 0.25) is 5.91 Å². The number of aliphatic hydroxyl groups is 1. The Morgan fingerprint density at radius 2 is 2.14 bits per heavy atom. The van der Waals surface area contributed by atoms with Crippen LogP contribution in [0.25, 0.3) is 0 Å². The molecule has 1 amide bonds. The van der Waals surface area contributed by atoms with Crippen molar-refractivity contribution >= 4 is 29.3 Å². The number of halogens is 1. The summed E-state index contributed by atoms with van der Waals surface area (Å²) in [5.74, 6) is 0.881. The summed E-state index contributed by atoms with van der Waals surface area (Å²) in [5.41, 5.74) is 0. The Hall–Kier alpha value is -0.750. The van der Waals surface area contributed by atoms with E-state index in [1.165, 1.54) is 0 Å². The molecule has 1 aromatic carbocycles. The number of methoxy groups -OCH3 is 1. The van der Waals surface area contributed by atoms with Crippen molar-refractivity contribution in [3.05, 3.63) is 29.3 Å². The molecule has 21 heavy (non-hydrogen) atoms. The highest BCUT2D eigenvalue weighted by Crippen LogP contribution is 2.21. The largest absolute Gasteiger partial charge is 0.396 e. The molecule has 0 spiro atoms. The number of rotatable bonds is 10. The first-order valence-corrected chi connectivity index (χ1v) is 8.29. The highest BCUT2D eigenvalue weighted by Gasteiger charge is 2.11. The lowest BCUT2D eigenvalue weighted by Crippen LogP contribution is -2.38. The van der Waals surface area contributed by atoms with E-state index in [2.05, 4.69) is 5.32 Å². The van der Waals surface area contributed by atoms with Crippen molar-refractivity contribution in [2.45, 2.75) is 30.2 Å². The second kappa shape index (κ2) is 10.9. The van der Waals surface area contributed by atoms with Crippen LogP contribution < -0.4 is 5.32 Å². The van der Waals surface area contributed by atoms with Crippen molar-refractivity contribution in [2.75, 3.05) is 26.1 Å². The lowest BCUT2D eigenvalue weighted by molar-refractivity contribution is -0.122. The van der Waals surface area contributed by atoms with Gasteiger partial charge in [0.05, 0.1) is 12.6 Å². The molecule has 0 aliphatic rings. The second-order valence-corrected chi connectivity index (χ2v) is 6.24. The third-order valence-corrected chi connectivity index (χ3v) is 4.19. The fourth-order valence-electron chi connectivity index (χ4n) is 1.81. The highest BCUT2D eigenvalue weighted by molar-refractivity contribution is 7.99. The average molecular weight is 332 g/mol. The first-order chi connectivity index (χ1) is 10.2. The van der Waals surface area contributed by atoms with Crippen LogP contribution in [0.5, 0.6) is 0 Å². The van der Waals surface area contributed by atoms with Gasteiger partial charge in [0.25, 0.3) is 0 Å². The van der Waals surface area contributed by atoms with Crippen LogP contribution in [0.3, 0.4) is 0 Å². The summed E-state index contributed by atoms with van der Waals surface area (Å²) in [6, 6.07) is 7.56. The van der Waals surface area contributed by atoms with E-state index in [1.54, 1.807) is 18.9 Å². The molecule has 0 heterocycles. The van der Waals surface area contributed by atoms with E-state index < -0.39 is 0 Å². The Morgan fingerprint density at radius 3 is 2.76 bits per heavy atom. The normalized spacial score (nSPS) is 12.1. The van der Waals surface area contributed by atoms with Crippen LogP contribution >= 0.6 is 23.4 Å². The van der Waals surface area contributed by atoms with E-state index in [4.69, 9.17) is 21.4 Å². The molecule has 4 nitrogen and oxygen atoms in total. The Morgan fingerprint density at radius 1 is 1.43 bits per heavy atom. The SMILES string of the molecule is COCC(CCO)NC(=O)CCCSc1ccc(Cl)cc1. The Kier molecular flexibility index (Phi) is 9.50. The number of carbonyl (C=O) groups excluding carboxylic acids is 1. The third-order valence-electron chi connectivity index (χ3n) is 2.84. The molecule has 1 rings (SSSR count). The van der Waals surface area contributed by atoms with Gasteiger partial charge in [-0.1, -0.05) is 11.6 Å². The van der Waals surface area contributed by atoms with Crippen molar-refractivity contribution in [3.8, 4) is 0 Å². The lowest BCUT2D eigenvalue weighted by atomic mass is 10.2. The Balaban J connectivity index is 2.19. The summed E-state index contributed by atoms with van der Waals surface area (Å²) < 4.78 is 5.01. The zero-order valence-corrected chi connectivity index (χ0v) is 13.8. The summed E-state index contributed by atoms with van der Waals surface area (Å²) >= 11 is 7.53. The molecule has 2 N–H and O–H groups in total. The molecule has 0 radical (unpaired) electrons. The minimum Gasteiger partial charge on any atom is -0.396 e. The van der Waals surface area contributed by atoms with E-state index in [0.717, 1.165) is 22.1 Å². The average Bonchev–Trinajstić information content (AvgIpc) is 2.46. The first kappa shape index (κ1) is 18.3. The maximum Gasteiger partial charge on any atom is 0.220 e. The summed E-state index contributed by atoms with van der Waals surface area (Å²) in [6.07, 6.45) is 1.79. The molecule has 118 valence electrons. The maximum absolute atomic E-state index is 11.8. The first-order valence-electron chi connectivity index (χ1n) is 6.93. The lowest BCUT2D eigenvalue weighted by Gasteiger charge is -2.16. The third kappa shape index (κ3) is 8.31. The molecule has 0 aromatic heterocycles. The molecule has 0 bridgehead atoms. The minimum absolute atomic E-state index is 0.00204. The van der Waals surface area contributed by atoms with Gasteiger partial charge in [-0.15, -0.1) is 11.8 Å². The quantitative estimate of drug-likeness (QED) is 0.511. The van der Waals surface area contributed by atoms with Crippen molar-refractivity contribution in [1.29, 1.82) is 0 Å². The van der Waals surface area contributed by atoms with Crippen LogP contribution in [0.15, 0.2) is 29.2 Å². The number of benzene rings is 1. The van der Waals surface area contributed by atoms with E-state index in [1.807, 2.05) is 24.3 Å². The Labute approximate surface area is 135 Å². The van der Waals surface area contributed by atoms with Gasteiger partial charge in [0.1, 0.15) is 0 Å². The molecule has 1 aromatic rings. The van der Waals surface area contributed by atoms with Crippen LogP contribution in [0.1, 0.15) is 19.3 Å². The van der Waals surface area contributed by atoms with Crippen LogP contribution in [0.2, 0.25) is 5.02 Å². The van der Waals surface area contributed by atoms with Gasteiger partial charge in [-0.05, 0) is 42.9 Å². The number of amides is 1. The smallest absolute Gasteiger partial charge is 0.220 e. The number of carbonyl (C=O) groups is 1. The summed E-state index contributed by atoms with van der Waals surface area (Å²) in [6.45, 7) is 0.465. The van der Waals surface area contributed by atoms with Gasteiger partial charge in [0.15, 0.2) is 0 Å². The number of nitrogens with one attached hydrogen (secondary N) is 1. The molecule has 0 saturated heterocycles. The van der Waals surface area contributed by atoms with Crippen LogP contribution in [0, 0.1) is 0 Å². The molecule has 0 saturated carbocycles. The minimum atomic E-state index is -0.114. The monoisotopic (exact) mass is 331 g/mol. The summed E-state index contributed by atoms with van der Waals surface area (Å²) in [5, 5.41) is 12.5. The molecule has 1 unspecified atom stereocenters. The fourth-order valence-corrected chi connectivity index (χ4v) is 2.79. The zero-order chi connectivity index (χ0) is 15.5. The Bertz CT molecular complexity index is 408. The molecule has 0 fully saturated rings. The molecule has 0 aliphatic carbocycles. The van der Waals surface area contributed by atoms with Gasteiger partial charge < -0.3 is 15.2 Å². The second-order valence-electron chi connectivity index (χ2n) is 4.64. The van der Waals surface area contributed by atoms with E-state index in [0.29, 0.717) is 19.4 Å². The molecule has 1 atom stereocenters. The summed E-state index contributed by atoms with van der Waals surface area (Å²) in [4.78, 5) is 12.9. The predicted octanol–water partition coefficient (Wildman–Crippen LogP) is 2.73. The maximum atomic E-state index is 11.8. The van der Waals surface area contributed by atoms with E-state index in [9.17, 15) is 4.79 Å². The van der Waals surface area contributed by atoms with Crippen LogP contribution in [0.4, 0.5) is 0 Å². The number of ether oxygens (including phenoxy) is 1. The predicted molar refractivity (Wildman–Crippen MR) is 86.9 cm³/mol. The van der Waals surface area contributed by atoms with Crippen molar-refractivity contribution < 1.29 is 14.6 Å². The van der Waals surface area contributed by atoms with E-state index in [-0.39, 0.29) is 18.6 Å². The van der Waals surface area contributed by atoms with E-state index >= 15 is 0 Å². The van der Waals surface area contributed by atoms with Gasteiger partial charge in [-0.2, -0.15) is 0 Å². The van der Waals surface area contributed by atoms with Gasteiger partial charge in [0, 0.05) is 30.1 Å². The molecule has 0 aliphatic heterocycles. The molecular weight excluding hydrogens is 310 g/mol. The number of thioether (sulfide) groups is 1. The van der Waals surface area contributed by atoms with Gasteiger partial charge >= 0.3 is 0 Å². The van der Waals surface area contributed by atoms with Crippen molar-refractivity contribution in [1.82, 2.24) is 5.32 Å². The van der Waals surface area contributed by atoms with Crippen LogP contribution in [-0.2, 0) is 9.53 Å².